The van der Waals surface area contributed by atoms with Crippen molar-refractivity contribution in [2.75, 3.05) is 4.90 Å². The lowest BCUT2D eigenvalue weighted by Crippen LogP contribution is -2.55. The fourth-order valence-electron chi connectivity index (χ4n) is 4.65. The van der Waals surface area contributed by atoms with E-state index in [-0.39, 0.29) is 44.7 Å². The summed E-state index contributed by atoms with van der Waals surface area (Å²) < 4.78 is 42.3. The fraction of sp³-hybridized carbons (Fsp3) is 0.455. The van der Waals surface area contributed by atoms with Crippen LogP contribution in [0.5, 0.6) is 5.75 Å². The first-order valence-corrected chi connectivity index (χ1v) is 13.1. The maximum Gasteiger partial charge on any atom is 0.263 e. The van der Waals surface area contributed by atoms with Gasteiger partial charge in [0.2, 0.25) is 10.0 Å². The number of primary sulfonamides is 1. The molecular formula is C22H25Cl2FN4O4S. The van der Waals surface area contributed by atoms with E-state index in [0.29, 0.717) is 18.7 Å². The van der Waals surface area contributed by atoms with E-state index < -0.39 is 21.4 Å². The van der Waals surface area contributed by atoms with Gasteiger partial charge in [0.1, 0.15) is 16.5 Å². The van der Waals surface area contributed by atoms with Crippen molar-refractivity contribution in [3.05, 3.63) is 46.3 Å². The Hall–Kier alpha value is -2.14. The number of nitrogens with zero attached hydrogens (tertiary/aromatic N) is 2. The highest BCUT2D eigenvalue weighted by Crippen LogP contribution is 2.39. The zero-order valence-electron chi connectivity index (χ0n) is 18.6. The largest absolute Gasteiger partial charge is 0.475 e. The summed E-state index contributed by atoms with van der Waals surface area (Å²) in [6, 6.07) is 5.51. The Labute approximate surface area is 207 Å². The van der Waals surface area contributed by atoms with Crippen LogP contribution in [0.15, 0.2) is 35.4 Å². The Morgan fingerprint density at radius 1 is 1.21 bits per heavy atom. The molecule has 0 spiro atoms. The maximum atomic E-state index is 13.5. The van der Waals surface area contributed by atoms with Crippen molar-refractivity contribution in [1.82, 2.24) is 10.3 Å². The highest BCUT2D eigenvalue weighted by Gasteiger charge is 2.43. The van der Waals surface area contributed by atoms with E-state index >= 15 is 0 Å². The van der Waals surface area contributed by atoms with E-state index in [9.17, 15) is 17.6 Å². The zero-order chi connectivity index (χ0) is 24.8. The second-order valence-electron chi connectivity index (χ2n) is 9.14. The monoisotopic (exact) mass is 530 g/mol. The van der Waals surface area contributed by atoms with E-state index in [1.165, 1.54) is 12.3 Å². The molecule has 34 heavy (non-hydrogen) atoms. The number of sulfonamides is 1. The van der Waals surface area contributed by atoms with Crippen LogP contribution in [-0.2, 0) is 14.8 Å². The number of amides is 1. The number of hydrogen-bond acceptors (Lipinski definition) is 6. The molecule has 2 bridgehead atoms. The van der Waals surface area contributed by atoms with Crippen molar-refractivity contribution in [3.8, 4) is 5.75 Å². The molecule has 2 atom stereocenters. The second-order valence-corrected chi connectivity index (χ2v) is 11.5. The summed E-state index contributed by atoms with van der Waals surface area (Å²) in [5.74, 6) is -0.194. The molecule has 8 nitrogen and oxygen atoms in total. The quantitative estimate of drug-likeness (QED) is 0.588. The molecule has 1 aromatic heterocycles. The number of nitrogens with two attached hydrogens (primary N) is 1. The molecular weight excluding hydrogens is 506 g/mol. The van der Waals surface area contributed by atoms with Crippen LogP contribution in [0.25, 0.3) is 0 Å². The van der Waals surface area contributed by atoms with Gasteiger partial charge in [-0.15, -0.1) is 0 Å². The summed E-state index contributed by atoms with van der Waals surface area (Å²) in [4.78, 5) is 19.5. The third-order valence-corrected chi connectivity index (χ3v) is 7.71. The van der Waals surface area contributed by atoms with Crippen molar-refractivity contribution in [2.24, 2.45) is 5.14 Å². The van der Waals surface area contributed by atoms with Gasteiger partial charge in [0.25, 0.3) is 5.91 Å². The minimum Gasteiger partial charge on any atom is -0.475 e. The standard InChI is InChI=1S/C22H25Cl2FN4O4S/c1-22(2,33-20-17(23)7-12(25)8-18(20)24)21(30)28-13-9-14-3-4-15(10-13)29(14)19-6-5-16(11-27-19)34(26,31)32/h5-8,11,13-15H,3-4,9-10H2,1-2H3,(H,28,30)(H2,26,31,32). The van der Waals surface area contributed by atoms with Crippen LogP contribution >= 0.6 is 23.2 Å². The molecule has 4 rings (SSSR count). The first kappa shape index (κ1) is 25.0. The Morgan fingerprint density at radius 2 is 1.79 bits per heavy atom. The number of pyridine rings is 1. The summed E-state index contributed by atoms with van der Waals surface area (Å²) in [7, 11) is -3.80. The molecule has 0 radical (unpaired) electrons. The maximum absolute atomic E-state index is 13.5. The first-order valence-electron chi connectivity index (χ1n) is 10.8. The molecule has 12 heteroatoms. The van der Waals surface area contributed by atoms with E-state index in [1.54, 1.807) is 19.9 Å². The molecule has 2 fully saturated rings. The fourth-order valence-corrected chi connectivity index (χ4v) is 5.64. The number of aromatic nitrogens is 1. The second kappa shape index (κ2) is 9.14. The number of carbonyl (C=O) groups excluding carboxylic acids is 1. The molecule has 2 aromatic rings. The van der Waals surface area contributed by atoms with E-state index in [1.807, 2.05) is 0 Å². The molecule has 3 heterocycles. The normalized spacial score (nSPS) is 22.5. The summed E-state index contributed by atoms with van der Waals surface area (Å²) in [5, 5.41) is 8.19. The Morgan fingerprint density at radius 3 is 2.29 bits per heavy atom. The molecule has 1 amide bonds. The average molecular weight is 531 g/mol. The Bertz CT molecular complexity index is 1170. The molecule has 0 aliphatic carbocycles. The molecule has 1 aromatic carbocycles. The molecule has 3 N–H and O–H groups in total. The summed E-state index contributed by atoms with van der Waals surface area (Å²) in [6.07, 6.45) is 4.56. The van der Waals surface area contributed by atoms with Crippen LogP contribution in [-0.4, -0.2) is 43.0 Å². The summed E-state index contributed by atoms with van der Waals surface area (Å²) in [5.41, 5.74) is -1.30. The third kappa shape index (κ3) is 5.10. The van der Waals surface area contributed by atoms with Gasteiger partial charge in [0.05, 0.1) is 10.0 Å². The minimum atomic E-state index is -3.80. The van der Waals surface area contributed by atoms with Gasteiger partial charge in [-0.2, -0.15) is 0 Å². The third-order valence-electron chi connectivity index (χ3n) is 6.25. The van der Waals surface area contributed by atoms with E-state index in [2.05, 4.69) is 15.2 Å². The van der Waals surface area contributed by atoms with Gasteiger partial charge in [-0.3, -0.25) is 4.79 Å². The van der Waals surface area contributed by atoms with Crippen LogP contribution in [0, 0.1) is 5.82 Å². The van der Waals surface area contributed by atoms with Crippen LogP contribution in [0.4, 0.5) is 10.2 Å². The minimum absolute atomic E-state index is 0.0156. The van der Waals surface area contributed by atoms with Gasteiger partial charge in [0.15, 0.2) is 11.4 Å². The molecule has 184 valence electrons. The van der Waals surface area contributed by atoms with Crippen LogP contribution in [0.1, 0.15) is 39.5 Å². The first-order chi connectivity index (χ1) is 15.8. The van der Waals surface area contributed by atoms with Gasteiger partial charge < -0.3 is 15.0 Å². The number of anilines is 1. The lowest BCUT2D eigenvalue weighted by atomic mass is 9.96. The number of fused-ring (bicyclic) bond motifs is 2. The number of hydrogen-bond donors (Lipinski definition) is 2. The van der Waals surface area contributed by atoms with Crippen LogP contribution < -0.4 is 20.1 Å². The number of ether oxygens (including phenoxy) is 1. The van der Waals surface area contributed by atoms with Crippen LogP contribution in [0.3, 0.4) is 0 Å². The molecule has 2 saturated heterocycles. The number of nitrogens with one attached hydrogen (secondary N) is 1. The molecule has 0 saturated carbocycles. The molecule has 2 aliphatic rings. The summed E-state index contributed by atoms with van der Waals surface area (Å²) >= 11 is 12.1. The van der Waals surface area contributed by atoms with Gasteiger partial charge in [0, 0.05) is 24.3 Å². The topological polar surface area (TPSA) is 115 Å². The van der Waals surface area contributed by atoms with Crippen molar-refractivity contribution >= 4 is 45.0 Å². The number of carbonyl (C=O) groups is 1. The van der Waals surface area contributed by atoms with Crippen molar-refractivity contribution in [1.29, 1.82) is 0 Å². The Balaban J connectivity index is 1.42. The SMILES string of the molecule is CC(C)(Oc1c(Cl)cc(F)cc1Cl)C(=O)NC1CC2CCC(C1)N2c1ccc(S(N)(=O)=O)cn1. The average Bonchev–Trinajstić information content (AvgIpc) is 3.00. The van der Waals surface area contributed by atoms with E-state index in [0.717, 1.165) is 25.0 Å². The molecule has 2 aliphatic heterocycles. The smallest absolute Gasteiger partial charge is 0.263 e. The van der Waals surface area contributed by atoms with Crippen LogP contribution in [0.2, 0.25) is 10.0 Å². The molecule has 2 unspecified atom stereocenters. The number of piperidine rings is 1. The lowest BCUT2D eigenvalue weighted by molar-refractivity contribution is -0.135. The van der Waals surface area contributed by atoms with E-state index in [4.69, 9.17) is 33.1 Å². The van der Waals surface area contributed by atoms with Gasteiger partial charge in [-0.1, -0.05) is 23.2 Å². The van der Waals surface area contributed by atoms with Crippen molar-refractivity contribution in [3.63, 3.8) is 0 Å². The summed E-state index contributed by atoms with van der Waals surface area (Å²) in [6.45, 7) is 3.19. The highest BCUT2D eigenvalue weighted by molar-refractivity contribution is 7.89. The number of rotatable bonds is 6. The Kier molecular flexibility index (Phi) is 6.71. The number of benzene rings is 1. The van der Waals surface area contributed by atoms with Crippen molar-refractivity contribution in [2.45, 2.75) is 68.2 Å². The highest BCUT2D eigenvalue weighted by atomic mass is 35.5. The van der Waals surface area contributed by atoms with Crippen molar-refractivity contribution < 1.29 is 22.3 Å². The lowest BCUT2D eigenvalue weighted by Gasteiger charge is -2.40. The van der Waals surface area contributed by atoms with Gasteiger partial charge in [-0.25, -0.2) is 22.9 Å². The zero-order valence-corrected chi connectivity index (χ0v) is 20.9. The van der Waals surface area contributed by atoms with Gasteiger partial charge in [-0.05, 0) is 63.8 Å². The predicted molar refractivity (Wildman–Crippen MR) is 127 cm³/mol. The number of halogens is 3. The predicted octanol–water partition coefficient (Wildman–Crippen LogP) is 3.65. The van der Waals surface area contributed by atoms with Gasteiger partial charge >= 0.3 is 0 Å².